The lowest BCUT2D eigenvalue weighted by Gasteiger charge is -2.11. The van der Waals surface area contributed by atoms with Gasteiger partial charge in [0.25, 0.3) is 0 Å². The van der Waals surface area contributed by atoms with Crippen molar-refractivity contribution in [3.63, 3.8) is 0 Å². The Morgan fingerprint density at radius 1 is 0.971 bits per heavy atom. The van der Waals surface area contributed by atoms with E-state index in [4.69, 9.17) is 9.47 Å². The van der Waals surface area contributed by atoms with Gasteiger partial charge < -0.3 is 14.5 Å². The van der Waals surface area contributed by atoms with Crippen LogP contribution in [0.3, 0.4) is 0 Å². The number of para-hydroxylation sites is 1. The summed E-state index contributed by atoms with van der Waals surface area (Å²) in [6.45, 7) is 0.242. The molecule has 0 radical (unpaired) electrons. The molecule has 0 aliphatic heterocycles. The van der Waals surface area contributed by atoms with Crippen LogP contribution in [0.4, 0.5) is 0 Å². The number of carbonyl (C=O) groups is 1. The van der Waals surface area contributed by atoms with Gasteiger partial charge in [-0.25, -0.2) is 0 Å². The third-order valence-electron chi connectivity index (χ3n) is 5.36. The van der Waals surface area contributed by atoms with E-state index in [9.17, 15) is 4.79 Å². The Bertz CT molecular complexity index is 1410. The van der Waals surface area contributed by atoms with Gasteiger partial charge in [0, 0.05) is 28.4 Å². The third kappa shape index (κ3) is 4.53. The van der Waals surface area contributed by atoms with Crippen molar-refractivity contribution in [1.29, 1.82) is 0 Å². The summed E-state index contributed by atoms with van der Waals surface area (Å²) in [5.41, 5.74) is 3.76. The van der Waals surface area contributed by atoms with E-state index in [1.807, 2.05) is 89.6 Å². The summed E-state index contributed by atoms with van der Waals surface area (Å²) in [5.74, 6) is 1.24. The smallest absolute Gasteiger partial charge is 0.316 e. The summed E-state index contributed by atoms with van der Waals surface area (Å²) >= 11 is 1.29. The lowest BCUT2D eigenvalue weighted by Crippen LogP contribution is -2.08. The van der Waals surface area contributed by atoms with Gasteiger partial charge in [-0.05, 0) is 35.9 Å². The van der Waals surface area contributed by atoms with E-state index in [1.165, 1.54) is 11.8 Å². The molecule has 8 heteroatoms. The van der Waals surface area contributed by atoms with Crippen molar-refractivity contribution < 1.29 is 14.3 Å². The summed E-state index contributed by atoms with van der Waals surface area (Å²) in [6.07, 6.45) is 1.93. The summed E-state index contributed by atoms with van der Waals surface area (Å²) in [5, 5.41) is 10.5. The fourth-order valence-corrected chi connectivity index (χ4v) is 4.41. The van der Waals surface area contributed by atoms with Crippen LogP contribution in [0, 0.1) is 0 Å². The standard InChI is InChI=1S/C26H22N4O3S/c1-32-20-13-11-19(12-14-20)30-25(22-15-27-23-10-6-5-9-21(22)23)28-29-26(30)34-17-24(31)33-16-18-7-3-2-4-8-18/h2-15,27H,16-17H2,1H3. The van der Waals surface area contributed by atoms with Crippen LogP contribution in [-0.4, -0.2) is 38.6 Å². The van der Waals surface area contributed by atoms with Crippen LogP contribution in [0.25, 0.3) is 28.0 Å². The van der Waals surface area contributed by atoms with Crippen molar-refractivity contribution in [1.82, 2.24) is 19.7 Å². The minimum absolute atomic E-state index is 0.120. The van der Waals surface area contributed by atoms with Gasteiger partial charge in [0.1, 0.15) is 12.4 Å². The molecule has 3 aromatic carbocycles. The second kappa shape index (κ2) is 9.84. The van der Waals surface area contributed by atoms with E-state index in [0.717, 1.165) is 33.5 Å². The number of hydrogen-bond donors (Lipinski definition) is 1. The fraction of sp³-hybridized carbons (Fsp3) is 0.115. The zero-order chi connectivity index (χ0) is 23.3. The molecular weight excluding hydrogens is 448 g/mol. The Balaban J connectivity index is 1.43. The number of nitrogens with zero attached hydrogens (tertiary/aromatic N) is 3. The average molecular weight is 471 g/mol. The Labute approximate surface area is 200 Å². The molecule has 0 saturated heterocycles. The van der Waals surface area contributed by atoms with Crippen LogP contribution in [0.1, 0.15) is 5.56 Å². The molecule has 1 N–H and O–H groups in total. The predicted octanol–water partition coefficient (Wildman–Crippen LogP) is 5.26. The second-order valence-electron chi connectivity index (χ2n) is 7.52. The molecule has 0 amide bonds. The Morgan fingerprint density at radius 2 is 1.74 bits per heavy atom. The molecule has 0 aliphatic carbocycles. The van der Waals surface area contributed by atoms with Crippen LogP contribution in [0.2, 0.25) is 0 Å². The quantitative estimate of drug-likeness (QED) is 0.246. The average Bonchev–Trinajstić information content (AvgIpc) is 3.51. The van der Waals surface area contributed by atoms with Gasteiger partial charge in [-0.1, -0.05) is 60.3 Å². The van der Waals surface area contributed by atoms with E-state index in [0.29, 0.717) is 11.0 Å². The molecule has 170 valence electrons. The maximum Gasteiger partial charge on any atom is 0.316 e. The van der Waals surface area contributed by atoms with Crippen molar-refractivity contribution in [3.8, 4) is 22.8 Å². The number of fused-ring (bicyclic) bond motifs is 1. The molecule has 0 saturated carbocycles. The molecule has 0 atom stereocenters. The highest BCUT2D eigenvalue weighted by Crippen LogP contribution is 2.33. The normalized spacial score (nSPS) is 11.0. The number of carbonyl (C=O) groups excluding carboxylic acids is 1. The Kier molecular flexibility index (Phi) is 6.31. The number of H-pyrrole nitrogens is 1. The lowest BCUT2D eigenvalue weighted by atomic mass is 10.1. The molecule has 5 rings (SSSR count). The van der Waals surface area contributed by atoms with Crippen molar-refractivity contribution >= 4 is 28.6 Å². The van der Waals surface area contributed by atoms with Crippen molar-refractivity contribution in [2.75, 3.05) is 12.9 Å². The van der Waals surface area contributed by atoms with Crippen molar-refractivity contribution in [3.05, 3.63) is 90.6 Å². The molecule has 34 heavy (non-hydrogen) atoms. The predicted molar refractivity (Wildman–Crippen MR) is 132 cm³/mol. The second-order valence-corrected chi connectivity index (χ2v) is 8.47. The molecule has 0 aliphatic rings. The minimum atomic E-state index is -0.313. The summed E-state index contributed by atoms with van der Waals surface area (Å²) in [6, 6.07) is 25.3. The first-order valence-corrected chi connectivity index (χ1v) is 11.7. The van der Waals surface area contributed by atoms with Crippen LogP contribution >= 0.6 is 11.8 Å². The third-order valence-corrected chi connectivity index (χ3v) is 6.26. The maximum atomic E-state index is 12.4. The highest BCUT2D eigenvalue weighted by atomic mass is 32.2. The number of esters is 1. The van der Waals surface area contributed by atoms with Crippen LogP contribution in [-0.2, 0) is 16.1 Å². The first kappa shape index (κ1) is 21.8. The topological polar surface area (TPSA) is 82.0 Å². The zero-order valence-electron chi connectivity index (χ0n) is 18.5. The molecule has 0 bridgehead atoms. The molecule has 0 spiro atoms. The first-order chi connectivity index (χ1) is 16.7. The molecule has 0 fully saturated rings. The van der Waals surface area contributed by atoms with Gasteiger partial charge in [0.15, 0.2) is 11.0 Å². The van der Waals surface area contributed by atoms with E-state index in [2.05, 4.69) is 15.2 Å². The Hall–Kier alpha value is -4.04. The molecule has 5 aromatic rings. The van der Waals surface area contributed by atoms with Gasteiger partial charge in [-0.15, -0.1) is 10.2 Å². The molecule has 2 aromatic heterocycles. The van der Waals surface area contributed by atoms with Gasteiger partial charge in [0.05, 0.1) is 12.9 Å². The van der Waals surface area contributed by atoms with Gasteiger partial charge in [-0.3, -0.25) is 9.36 Å². The number of benzene rings is 3. The number of methoxy groups -OCH3 is 1. The number of thioether (sulfide) groups is 1. The first-order valence-electron chi connectivity index (χ1n) is 10.7. The molecule has 2 heterocycles. The largest absolute Gasteiger partial charge is 0.497 e. The number of rotatable bonds is 8. The van der Waals surface area contributed by atoms with Gasteiger partial charge >= 0.3 is 5.97 Å². The van der Waals surface area contributed by atoms with Crippen molar-refractivity contribution in [2.24, 2.45) is 0 Å². The summed E-state index contributed by atoms with van der Waals surface area (Å²) < 4.78 is 12.7. The highest BCUT2D eigenvalue weighted by molar-refractivity contribution is 7.99. The maximum absolute atomic E-state index is 12.4. The van der Waals surface area contributed by atoms with Gasteiger partial charge in [-0.2, -0.15) is 0 Å². The van der Waals surface area contributed by atoms with E-state index in [1.54, 1.807) is 7.11 Å². The fourth-order valence-electron chi connectivity index (χ4n) is 3.66. The number of nitrogens with one attached hydrogen (secondary N) is 1. The minimum Gasteiger partial charge on any atom is -0.497 e. The SMILES string of the molecule is COc1ccc(-n2c(SCC(=O)OCc3ccccc3)nnc2-c2c[nH]c3ccccc23)cc1. The molecular formula is C26H22N4O3S. The van der Waals surface area contributed by atoms with Crippen LogP contribution in [0.15, 0.2) is 90.2 Å². The van der Waals surface area contributed by atoms with Crippen LogP contribution < -0.4 is 4.74 Å². The Morgan fingerprint density at radius 3 is 2.53 bits per heavy atom. The van der Waals surface area contributed by atoms with E-state index in [-0.39, 0.29) is 18.3 Å². The summed E-state index contributed by atoms with van der Waals surface area (Å²) in [4.78, 5) is 15.7. The van der Waals surface area contributed by atoms with Gasteiger partial charge in [0.2, 0.25) is 0 Å². The molecule has 7 nitrogen and oxygen atoms in total. The zero-order valence-corrected chi connectivity index (χ0v) is 19.3. The lowest BCUT2D eigenvalue weighted by molar-refractivity contribution is -0.141. The highest BCUT2D eigenvalue weighted by Gasteiger charge is 2.20. The number of hydrogen-bond acceptors (Lipinski definition) is 6. The number of aromatic nitrogens is 4. The number of aromatic amines is 1. The van der Waals surface area contributed by atoms with Crippen LogP contribution in [0.5, 0.6) is 5.75 Å². The number of ether oxygens (including phenoxy) is 2. The van der Waals surface area contributed by atoms with E-state index >= 15 is 0 Å². The molecule has 0 unspecified atom stereocenters. The van der Waals surface area contributed by atoms with E-state index < -0.39 is 0 Å². The van der Waals surface area contributed by atoms with Crippen molar-refractivity contribution in [2.45, 2.75) is 11.8 Å². The monoisotopic (exact) mass is 470 g/mol. The summed E-state index contributed by atoms with van der Waals surface area (Å²) in [7, 11) is 1.63.